The maximum Gasteiger partial charge on any atom is 0.256 e. The van der Waals surface area contributed by atoms with E-state index in [0.29, 0.717) is 22.6 Å². The molecule has 3 heterocycles. The lowest BCUT2D eigenvalue weighted by atomic mass is 10.1. The van der Waals surface area contributed by atoms with Crippen molar-refractivity contribution < 1.29 is 9.53 Å². The van der Waals surface area contributed by atoms with Crippen LogP contribution in [-0.4, -0.2) is 27.8 Å². The average molecular weight is 421 g/mol. The van der Waals surface area contributed by atoms with E-state index in [9.17, 15) is 4.79 Å². The van der Waals surface area contributed by atoms with Crippen molar-refractivity contribution in [2.24, 2.45) is 0 Å². The van der Waals surface area contributed by atoms with Crippen LogP contribution in [0, 0.1) is 13.8 Å². The van der Waals surface area contributed by atoms with Crippen LogP contribution in [0.1, 0.15) is 40.0 Å². The number of benzene rings is 1. The van der Waals surface area contributed by atoms with Gasteiger partial charge >= 0.3 is 0 Å². The van der Waals surface area contributed by atoms with E-state index >= 15 is 0 Å². The molecule has 0 saturated heterocycles. The Morgan fingerprint density at radius 3 is 2.63 bits per heavy atom. The Morgan fingerprint density at radius 1 is 1.20 bits per heavy atom. The predicted molar refractivity (Wildman–Crippen MR) is 122 cm³/mol. The molecule has 1 N–H and O–H groups in total. The second kappa shape index (κ2) is 7.91. The van der Waals surface area contributed by atoms with E-state index in [-0.39, 0.29) is 11.9 Å². The summed E-state index contributed by atoms with van der Waals surface area (Å²) in [6.45, 7) is 8.26. The molecule has 30 heavy (non-hydrogen) atoms. The maximum absolute atomic E-state index is 13.3. The molecule has 0 bridgehead atoms. The van der Waals surface area contributed by atoms with Crippen molar-refractivity contribution in [1.82, 2.24) is 14.8 Å². The Balaban J connectivity index is 1.87. The van der Waals surface area contributed by atoms with Gasteiger partial charge in [-0.15, -0.1) is 11.3 Å². The minimum atomic E-state index is -0.221. The number of carbonyl (C=O) groups is 1. The third-order valence-corrected chi connectivity index (χ3v) is 5.94. The summed E-state index contributed by atoms with van der Waals surface area (Å²) < 4.78 is 7.23. The molecule has 3 aromatic heterocycles. The minimum Gasteiger partial charge on any atom is -0.495 e. The number of hydrogen-bond acceptors (Lipinski definition) is 5. The Hall–Kier alpha value is -3.19. The van der Waals surface area contributed by atoms with E-state index in [4.69, 9.17) is 9.72 Å². The zero-order chi connectivity index (χ0) is 21.4. The van der Waals surface area contributed by atoms with Crippen LogP contribution in [0.2, 0.25) is 0 Å². The van der Waals surface area contributed by atoms with E-state index in [1.54, 1.807) is 24.6 Å². The third kappa shape index (κ3) is 3.57. The number of methoxy groups -OCH3 is 1. The first-order chi connectivity index (χ1) is 14.4. The van der Waals surface area contributed by atoms with Gasteiger partial charge in [-0.1, -0.05) is 12.1 Å². The summed E-state index contributed by atoms with van der Waals surface area (Å²) in [4.78, 5) is 20.6. The van der Waals surface area contributed by atoms with E-state index in [2.05, 4.69) is 44.2 Å². The number of para-hydroxylation sites is 2. The molecule has 0 fully saturated rings. The molecular weight excluding hydrogens is 396 g/mol. The number of hydrogen-bond donors (Lipinski definition) is 1. The lowest BCUT2D eigenvalue weighted by molar-refractivity contribution is 0.102. The highest BCUT2D eigenvalue weighted by Crippen LogP contribution is 2.33. The van der Waals surface area contributed by atoms with Crippen LogP contribution in [0.4, 0.5) is 5.69 Å². The number of anilines is 1. The van der Waals surface area contributed by atoms with Crippen LogP contribution < -0.4 is 10.1 Å². The second-order valence-electron chi connectivity index (χ2n) is 7.46. The largest absolute Gasteiger partial charge is 0.495 e. The fraction of sp³-hybridized carbons (Fsp3) is 0.261. The lowest BCUT2D eigenvalue weighted by Crippen LogP contribution is -2.14. The number of fused-ring (bicyclic) bond motifs is 1. The smallest absolute Gasteiger partial charge is 0.256 e. The number of rotatable bonds is 5. The van der Waals surface area contributed by atoms with Gasteiger partial charge in [0.25, 0.3) is 5.91 Å². The summed E-state index contributed by atoms with van der Waals surface area (Å²) in [6, 6.07) is 11.5. The Kier molecular flexibility index (Phi) is 5.30. The molecule has 0 aliphatic carbocycles. The minimum absolute atomic E-state index is 0.126. The highest BCUT2D eigenvalue weighted by molar-refractivity contribution is 7.12. The zero-order valence-electron chi connectivity index (χ0n) is 17.7. The van der Waals surface area contributed by atoms with Crippen LogP contribution in [0.15, 0.2) is 42.6 Å². The molecule has 4 aromatic rings. The summed E-state index contributed by atoms with van der Waals surface area (Å²) in [5.41, 5.74) is 3.68. The Bertz CT molecular complexity index is 1240. The van der Waals surface area contributed by atoms with E-state index < -0.39 is 0 Å². The van der Waals surface area contributed by atoms with E-state index in [1.165, 1.54) is 9.75 Å². The molecule has 0 aliphatic rings. The Labute approximate surface area is 179 Å². The number of thiophene rings is 1. The monoisotopic (exact) mass is 420 g/mol. The van der Waals surface area contributed by atoms with Crippen molar-refractivity contribution in [3.05, 3.63) is 57.9 Å². The molecule has 1 aromatic carbocycles. The van der Waals surface area contributed by atoms with Crippen molar-refractivity contribution in [2.45, 2.75) is 33.7 Å². The number of nitrogens with one attached hydrogen (secondary N) is 1. The van der Waals surface area contributed by atoms with Crippen molar-refractivity contribution in [3.8, 4) is 17.0 Å². The van der Waals surface area contributed by atoms with Gasteiger partial charge in [-0.2, -0.15) is 5.10 Å². The lowest BCUT2D eigenvalue weighted by Gasteiger charge is -2.12. The Morgan fingerprint density at radius 2 is 1.97 bits per heavy atom. The molecule has 0 atom stereocenters. The van der Waals surface area contributed by atoms with Gasteiger partial charge in [-0.3, -0.25) is 4.79 Å². The maximum atomic E-state index is 13.3. The first-order valence-corrected chi connectivity index (χ1v) is 10.6. The van der Waals surface area contributed by atoms with Gasteiger partial charge < -0.3 is 10.1 Å². The van der Waals surface area contributed by atoms with Gasteiger partial charge in [0, 0.05) is 21.4 Å². The van der Waals surface area contributed by atoms with Crippen LogP contribution in [0.25, 0.3) is 22.3 Å². The summed E-state index contributed by atoms with van der Waals surface area (Å²) in [6.07, 6.45) is 1.72. The average Bonchev–Trinajstić information content (AvgIpc) is 3.30. The molecule has 0 spiro atoms. The fourth-order valence-corrected chi connectivity index (χ4v) is 4.48. The zero-order valence-corrected chi connectivity index (χ0v) is 18.5. The number of ether oxygens (including phenoxy) is 1. The molecule has 154 valence electrons. The number of carbonyl (C=O) groups excluding carboxylic acids is 1. The SMILES string of the molecule is COc1ccccc1NC(=O)c1cc(-c2cc(C)sc2C)nc2c1cnn2C(C)C. The number of aromatic nitrogens is 3. The first kappa shape index (κ1) is 20.1. The van der Waals surface area contributed by atoms with E-state index in [1.807, 2.05) is 35.0 Å². The number of pyridine rings is 1. The van der Waals surface area contributed by atoms with Crippen LogP contribution in [0.5, 0.6) is 5.75 Å². The molecule has 6 nitrogen and oxygen atoms in total. The summed E-state index contributed by atoms with van der Waals surface area (Å²) in [5.74, 6) is 0.389. The summed E-state index contributed by atoms with van der Waals surface area (Å²) in [7, 11) is 1.59. The molecule has 0 aliphatic heterocycles. The molecule has 0 saturated carbocycles. The van der Waals surface area contributed by atoms with E-state index in [0.717, 1.165) is 16.6 Å². The molecular formula is C23H24N4O2S. The normalized spacial score (nSPS) is 11.3. The van der Waals surface area contributed by atoms with Gasteiger partial charge in [0.15, 0.2) is 5.65 Å². The number of aryl methyl sites for hydroxylation is 2. The van der Waals surface area contributed by atoms with Gasteiger partial charge in [-0.25, -0.2) is 9.67 Å². The topological polar surface area (TPSA) is 69.0 Å². The van der Waals surface area contributed by atoms with Gasteiger partial charge in [-0.05, 0) is 52.0 Å². The fourth-order valence-electron chi connectivity index (χ4n) is 3.54. The van der Waals surface area contributed by atoms with Crippen molar-refractivity contribution in [1.29, 1.82) is 0 Å². The van der Waals surface area contributed by atoms with Crippen LogP contribution >= 0.6 is 11.3 Å². The number of amides is 1. The summed E-state index contributed by atoms with van der Waals surface area (Å²) >= 11 is 1.72. The first-order valence-electron chi connectivity index (χ1n) is 9.79. The van der Waals surface area contributed by atoms with Crippen molar-refractivity contribution in [2.75, 3.05) is 12.4 Å². The molecule has 0 radical (unpaired) electrons. The van der Waals surface area contributed by atoms with Gasteiger partial charge in [0.05, 0.1) is 35.6 Å². The van der Waals surface area contributed by atoms with Gasteiger partial charge in [0.2, 0.25) is 0 Å². The molecule has 0 unspecified atom stereocenters. The summed E-state index contributed by atoms with van der Waals surface area (Å²) in [5, 5.41) is 8.20. The highest BCUT2D eigenvalue weighted by atomic mass is 32.1. The van der Waals surface area contributed by atoms with Crippen LogP contribution in [0.3, 0.4) is 0 Å². The van der Waals surface area contributed by atoms with Crippen LogP contribution in [-0.2, 0) is 0 Å². The number of nitrogens with zero attached hydrogens (tertiary/aromatic N) is 3. The molecule has 1 amide bonds. The molecule has 7 heteroatoms. The molecule has 4 rings (SSSR count). The second-order valence-corrected chi connectivity index (χ2v) is 8.92. The van der Waals surface area contributed by atoms with Crippen molar-refractivity contribution in [3.63, 3.8) is 0 Å². The predicted octanol–water partition coefficient (Wildman–Crippen LogP) is 5.62. The third-order valence-electron chi connectivity index (χ3n) is 4.97. The quantitative estimate of drug-likeness (QED) is 0.455. The van der Waals surface area contributed by atoms with Gasteiger partial charge in [0.1, 0.15) is 5.75 Å². The van der Waals surface area contributed by atoms with Crippen molar-refractivity contribution >= 4 is 34.0 Å². The highest BCUT2D eigenvalue weighted by Gasteiger charge is 2.20. The standard InChI is InChI=1S/C23H24N4O2S/c1-13(2)27-22-18(12-24-27)17(11-20(25-22)16-10-14(3)30-15(16)4)23(28)26-19-8-6-7-9-21(19)29-5/h6-13H,1-5H3,(H,26,28).